The molecule has 0 saturated heterocycles. The van der Waals surface area contributed by atoms with Crippen LogP contribution < -0.4 is 5.32 Å². The number of halogens is 1. The van der Waals surface area contributed by atoms with Crippen LogP contribution >= 0.6 is 11.6 Å². The predicted octanol–water partition coefficient (Wildman–Crippen LogP) is 4.61. The van der Waals surface area contributed by atoms with Gasteiger partial charge in [-0.05, 0) is 43.0 Å². The number of anilines is 2. The molecule has 1 N–H and O–H groups in total. The number of aryl methyl sites for hydroxylation is 2. The second kappa shape index (κ2) is 5.57. The molecule has 0 aliphatic heterocycles. The molecule has 0 radical (unpaired) electrons. The summed E-state index contributed by atoms with van der Waals surface area (Å²) in [7, 11) is 0. The Labute approximate surface area is 119 Å². The maximum absolute atomic E-state index is 6.16. The standard InChI is InChI=1S/C15H18ClN3/c1-9(2)13-14(16)17-8-18-15(13)19-12-6-10(3)5-11(4)7-12/h5-9H,1-4H3,(H,17,18,19). The topological polar surface area (TPSA) is 37.8 Å². The van der Waals surface area contributed by atoms with E-state index in [2.05, 4.69) is 61.2 Å². The Morgan fingerprint density at radius 3 is 2.26 bits per heavy atom. The Morgan fingerprint density at radius 2 is 1.68 bits per heavy atom. The second-order valence-electron chi connectivity index (χ2n) is 5.08. The fourth-order valence-corrected chi connectivity index (χ4v) is 2.52. The van der Waals surface area contributed by atoms with Crippen molar-refractivity contribution in [3.05, 3.63) is 46.4 Å². The molecule has 0 amide bonds. The molecule has 4 heteroatoms. The zero-order valence-corrected chi connectivity index (χ0v) is 12.4. The molecule has 1 heterocycles. The minimum absolute atomic E-state index is 0.266. The molecule has 100 valence electrons. The summed E-state index contributed by atoms with van der Waals surface area (Å²) in [6.45, 7) is 8.32. The van der Waals surface area contributed by atoms with Crippen molar-refractivity contribution in [2.45, 2.75) is 33.6 Å². The maximum Gasteiger partial charge on any atom is 0.138 e. The van der Waals surface area contributed by atoms with Gasteiger partial charge in [-0.3, -0.25) is 0 Å². The van der Waals surface area contributed by atoms with Gasteiger partial charge in [-0.1, -0.05) is 31.5 Å². The average Bonchev–Trinajstić information content (AvgIpc) is 2.26. The third-order valence-electron chi connectivity index (χ3n) is 2.90. The van der Waals surface area contributed by atoms with Crippen LogP contribution in [-0.2, 0) is 0 Å². The SMILES string of the molecule is Cc1cc(C)cc(Nc2ncnc(Cl)c2C(C)C)c1. The summed E-state index contributed by atoms with van der Waals surface area (Å²) in [6.07, 6.45) is 1.49. The number of aromatic nitrogens is 2. The molecule has 2 rings (SSSR count). The summed E-state index contributed by atoms with van der Waals surface area (Å²) in [4.78, 5) is 8.36. The summed E-state index contributed by atoms with van der Waals surface area (Å²) in [5, 5.41) is 3.85. The van der Waals surface area contributed by atoms with Crippen LogP contribution in [0.2, 0.25) is 5.15 Å². The molecule has 0 unspecified atom stereocenters. The van der Waals surface area contributed by atoms with Crippen LogP contribution in [0.15, 0.2) is 24.5 Å². The van der Waals surface area contributed by atoms with E-state index < -0.39 is 0 Å². The summed E-state index contributed by atoms with van der Waals surface area (Å²) >= 11 is 6.16. The fraction of sp³-hybridized carbons (Fsp3) is 0.333. The van der Waals surface area contributed by atoms with Crippen molar-refractivity contribution in [2.24, 2.45) is 0 Å². The van der Waals surface area contributed by atoms with Crippen molar-refractivity contribution in [2.75, 3.05) is 5.32 Å². The highest BCUT2D eigenvalue weighted by Crippen LogP contribution is 2.30. The van der Waals surface area contributed by atoms with Crippen LogP contribution in [0.5, 0.6) is 0 Å². The van der Waals surface area contributed by atoms with Gasteiger partial charge in [-0.2, -0.15) is 0 Å². The van der Waals surface area contributed by atoms with E-state index in [1.54, 1.807) is 0 Å². The fourth-order valence-electron chi connectivity index (χ4n) is 2.17. The summed E-state index contributed by atoms with van der Waals surface area (Å²) in [5.41, 5.74) is 4.40. The molecule has 0 aliphatic rings. The number of hydrogen-bond donors (Lipinski definition) is 1. The van der Waals surface area contributed by atoms with Crippen LogP contribution in [0.25, 0.3) is 0 Å². The first kappa shape index (κ1) is 13.8. The molecule has 0 spiro atoms. The monoisotopic (exact) mass is 275 g/mol. The van der Waals surface area contributed by atoms with Gasteiger partial charge < -0.3 is 5.32 Å². The van der Waals surface area contributed by atoms with Crippen LogP contribution in [0.1, 0.15) is 36.5 Å². The number of rotatable bonds is 3. The van der Waals surface area contributed by atoms with Crippen molar-refractivity contribution < 1.29 is 0 Å². The van der Waals surface area contributed by atoms with Crippen molar-refractivity contribution >= 4 is 23.1 Å². The van der Waals surface area contributed by atoms with Gasteiger partial charge in [0.05, 0.1) is 0 Å². The van der Waals surface area contributed by atoms with Gasteiger partial charge >= 0.3 is 0 Å². The van der Waals surface area contributed by atoms with E-state index in [1.165, 1.54) is 17.5 Å². The lowest BCUT2D eigenvalue weighted by molar-refractivity contribution is 0.850. The zero-order valence-electron chi connectivity index (χ0n) is 11.7. The molecule has 1 aromatic heterocycles. The molecule has 0 bridgehead atoms. The van der Waals surface area contributed by atoms with Crippen LogP contribution in [-0.4, -0.2) is 9.97 Å². The molecular formula is C15H18ClN3. The highest BCUT2D eigenvalue weighted by molar-refractivity contribution is 6.30. The minimum Gasteiger partial charge on any atom is -0.340 e. The molecule has 0 atom stereocenters. The summed E-state index contributed by atoms with van der Waals surface area (Å²) in [6, 6.07) is 6.32. The Morgan fingerprint density at radius 1 is 1.05 bits per heavy atom. The molecular weight excluding hydrogens is 258 g/mol. The second-order valence-corrected chi connectivity index (χ2v) is 5.44. The van der Waals surface area contributed by atoms with E-state index in [0.29, 0.717) is 5.15 Å². The smallest absolute Gasteiger partial charge is 0.138 e. The molecule has 0 saturated carbocycles. The van der Waals surface area contributed by atoms with Gasteiger partial charge in [-0.25, -0.2) is 9.97 Å². The molecule has 2 aromatic rings. The highest BCUT2D eigenvalue weighted by atomic mass is 35.5. The van der Waals surface area contributed by atoms with Gasteiger partial charge in [-0.15, -0.1) is 0 Å². The Hall–Kier alpha value is -1.61. The highest BCUT2D eigenvalue weighted by Gasteiger charge is 2.13. The van der Waals surface area contributed by atoms with Gasteiger partial charge in [0.15, 0.2) is 0 Å². The maximum atomic E-state index is 6.16. The molecule has 19 heavy (non-hydrogen) atoms. The number of nitrogens with zero attached hydrogens (tertiary/aromatic N) is 2. The number of nitrogens with one attached hydrogen (secondary N) is 1. The van der Waals surface area contributed by atoms with Gasteiger partial charge in [0, 0.05) is 11.3 Å². The van der Waals surface area contributed by atoms with Gasteiger partial charge in [0.1, 0.15) is 17.3 Å². The first-order valence-electron chi connectivity index (χ1n) is 6.33. The van der Waals surface area contributed by atoms with E-state index >= 15 is 0 Å². The van der Waals surface area contributed by atoms with E-state index in [-0.39, 0.29) is 5.92 Å². The third-order valence-corrected chi connectivity index (χ3v) is 3.20. The predicted molar refractivity (Wildman–Crippen MR) is 80.3 cm³/mol. The Balaban J connectivity index is 2.40. The average molecular weight is 276 g/mol. The van der Waals surface area contributed by atoms with Crippen LogP contribution in [0, 0.1) is 13.8 Å². The number of hydrogen-bond acceptors (Lipinski definition) is 3. The zero-order chi connectivity index (χ0) is 14.0. The third kappa shape index (κ3) is 3.24. The Kier molecular flexibility index (Phi) is 4.05. The quantitative estimate of drug-likeness (QED) is 0.831. The summed E-state index contributed by atoms with van der Waals surface area (Å²) in [5.74, 6) is 1.04. The van der Waals surface area contributed by atoms with Crippen molar-refractivity contribution in [3.63, 3.8) is 0 Å². The van der Waals surface area contributed by atoms with Gasteiger partial charge in [0.25, 0.3) is 0 Å². The molecule has 3 nitrogen and oxygen atoms in total. The molecule has 1 aromatic carbocycles. The van der Waals surface area contributed by atoms with Crippen molar-refractivity contribution in [1.29, 1.82) is 0 Å². The van der Waals surface area contributed by atoms with Gasteiger partial charge in [0.2, 0.25) is 0 Å². The van der Waals surface area contributed by atoms with E-state index in [9.17, 15) is 0 Å². The largest absolute Gasteiger partial charge is 0.340 e. The first-order chi connectivity index (χ1) is 8.97. The lowest BCUT2D eigenvalue weighted by Gasteiger charge is -2.15. The van der Waals surface area contributed by atoms with E-state index in [4.69, 9.17) is 11.6 Å². The summed E-state index contributed by atoms with van der Waals surface area (Å²) < 4.78 is 0. The minimum atomic E-state index is 0.266. The van der Waals surface area contributed by atoms with E-state index in [1.807, 2.05) is 0 Å². The molecule has 0 fully saturated rings. The lowest BCUT2D eigenvalue weighted by atomic mass is 10.1. The van der Waals surface area contributed by atoms with Crippen molar-refractivity contribution in [1.82, 2.24) is 9.97 Å². The van der Waals surface area contributed by atoms with Crippen LogP contribution in [0.3, 0.4) is 0 Å². The lowest BCUT2D eigenvalue weighted by Crippen LogP contribution is -2.03. The van der Waals surface area contributed by atoms with E-state index in [0.717, 1.165) is 17.1 Å². The normalized spacial score (nSPS) is 10.8. The van der Waals surface area contributed by atoms with Crippen LogP contribution in [0.4, 0.5) is 11.5 Å². The first-order valence-corrected chi connectivity index (χ1v) is 6.71. The molecule has 0 aliphatic carbocycles. The number of benzene rings is 1. The van der Waals surface area contributed by atoms with Crippen molar-refractivity contribution in [3.8, 4) is 0 Å². The Bertz CT molecular complexity index is 574.